The Morgan fingerprint density at radius 3 is 2.27 bits per heavy atom. The second-order valence-corrected chi connectivity index (χ2v) is 3.30. The first kappa shape index (κ1) is 11.1. The Morgan fingerprint density at radius 2 is 2.00 bits per heavy atom. The van der Waals surface area contributed by atoms with E-state index in [-0.39, 0.29) is 34.5 Å². The minimum atomic E-state index is -3.56. The Balaban J connectivity index is 0.000001000. The molecule has 0 aliphatic rings. The summed E-state index contributed by atoms with van der Waals surface area (Å²) in [5.41, 5.74) is 0. The number of primary sulfonamides is 1. The minimum absolute atomic E-state index is 0. The summed E-state index contributed by atoms with van der Waals surface area (Å²) in [5.74, 6) is 0. The molecule has 11 heavy (non-hydrogen) atoms. The predicted octanol–water partition coefficient (Wildman–Crippen LogP) is -2.86. The van der Waals surface area contributed by atoms with Gasteiger partial charge in [0.05, 0.1) is 0 Å². The standard InChI is InChI=1S/C6H6NO2S.Na/c7-10(8,9)6-4-2-1-3-5-6;/h1-4H,(H2,7,8,9);/q-1;+1. The molecule has 0 amide bonds. The molecule has 0 aliphatic heterocycles. The van der Waals surface area contributed by atoms with E-state index in [9.17, 15) is 8.42 Å². The zero-order valence-electron chi connectivity index (χ0n) is 6.11. The van der Waals surface area contributed by atoms with E-state index in [1.165, 1.54) is 12.1 Å². The van der Waals surface area contributed by atoms with Gasteiger partial charge in [0, 0.05) is 0 Å². The molecule has 0 bridgehead atoms. The third-order valence-corrected chi connectivity index (χ3v) is 1.85. The van der Waals surface area contributed by atoms with Gasteiger partial charge in [-0.1, -0.05) is 0 Å². The first-order valence-electron chi connectivity index (χ1n) is 2.60. The molecule has 3 nitrogen and oxygen atoms in total. The first-order valence-corrected chi connectivity index (χ1v) is 4.15. The average molecular weight is 179 g/mol. The maximum Gasteiger partial charge on any atom is 1.00 e. The largest absolute Gasteiger partial charge is 1.00 e. The number of hydrogen-bond donors (Lipinski definition) is 1. The van der Waals surface area contributed by atoms with Crippen LogP contribution in [0.4, 0.5) is 0 Å². The van der Waals surface area contributed by atoms with Crippen LogP contribution in [0.3, 0.4) is 0 Å². The molecule has 0 heterocycles. The van der Waals surface area contributed by atoms with E-state index >= 15 is 0 Å². The predicted molar refractivity (Wildman–Crippen MR) is 36.7 cm³/mol. The van der Waals surface area contributed by atoms with Crippen molar-refractivity contribution in [2.24, 2.45) is 5.14 Å². The van der Waals surface area contributed by atoms with E-state index in [4.69, 9.17) is 5.14 Å². The van der Waals surface area contributed by atoms with Crippen molar-refractivity contribution in [1.82, 2.24) is 0 Å². The fourth-order valence-corrected chi connectivity index (χ4v) is 1.05. The molecule has 54 valence electrons. The fraction of sp³-hybridized carbons (Fsp3) is 0. The van der Waals surface area contributed by atoms with Crippen molar-refractivity contribution in [1.29, 1.82) is 0 Å². The number of rotatable bonds is 1. The third kappa shape index (κ3) is 3.35. The van der Waals surface area contributed by atoms with Gasteiger partial charge in [0.2, 0.25) is 10.0 Å². The van der Waals surface area contributed by atoms with Crippen molar-refractivity contribution in [3.8, 4) is 0 Å². The van der Waals surface area contributed by atoms with E-state index in [0.29, 0.717) is 0 Å². The Bertz CT molecular complexity index is 309. The topological polar surface area (TPSA) is 60.2 Å². The number of benzene rings is 1. The van der Waals surface area contributed by atoms with Gasteiger partial charge in [0.1, 0.15) is 0 Å². The first-order chi connectivity index (χ1) is 4.61. The van der Waals surface area contributed by atoms with Gasteiger partial charge in [-0.05, 0) is 4.90 Å². The second-order valence-electron chi connectivity index (χ2n) is 1.77. The van der Waals surface area contributed by atoms with Crippen molar-refractivity contribution < 1.29 is 38.0 Å². The Labute approximate surface area is 87.9 Å². The van der Waals surface area contributed by atoms with Crippen LogP contribution in [0.5, 0.6) is 0 Å². The smallest absolute Gasteiger partial charge is 0.226 e. The summed E-state index contributed by atoms with van der Waals surface area (Å²) in [6.45, 7) is 0. The second kappa shape index (κ2) is 4.23. The summed E-state index contributed by atoms with van der Waals surface area (Å²) in [6.07, 6.45) is 0. The maximum atomic E-state index is 10.6. The quantitative estimate of drug-likeness (QED) is 0.372. The van der Waals surface area contributed by atoms with Gasteiger partial charge in [-0.3, -0.25) is 0 Å². The Kier molecular flexibility index (Phi) is 4.28. The van der Waals surface area contributed by atoms with Gasteiger partial charge in [0.15, 0.2) is 0 Å². The molecule has 5 heteroatoms. The minimum Gasteiger partial charge on any atom is -0.226 e. The summed E-state index contributed by atoms with van der Waals surface area (Å²) in [7, 11) is -3.56. The molecule has 0 aliphatic carbocycles. The molecule has 0 unspecified atom stereocenters. The van der Waals surface area contributed by atoms with Crippen LogP contribution in [0.25, 0.3) is 0 Å². The molecule has 2 N–H and O–H groups in total. The number of nitrogens with two attached hydrogens (primary N) is 1. The maximum absolute atomic E-state index is 10.6. The summed E-state index contributed by atoms with van der Waals surface area (Å²) in [4.78, 5) is 0.0231. The molecule has 0 saturated carbocycles. The van der Waals surface area contributed by atoms with Crippen molar-refractivity contribution in [2.45, 2.75) is 4.90 Å². The molecule has 1 aromatic carbocycles. The molecule has 0 spiro atoms. The zero-order valence-corrected chi connectivity index (χ0v) is 8.93. The zero-order chi connectivity index (χ0) is 7.61. The van der Waals surface area contributed by atoms with Crippen molar-refractivity contribution in [3.63, 3.8) is 0 Å². The van der Waals surface area contributed by atoms with Gasteiger partial charge < -0.3 is 0 Å². The van der Waals surface area contributed by atoms with Crippen LogP contribution in [0.2, 0.25) is 0 Å². The summed E-state index contributed by atoms with van der Waals surface area (Å²) in [5, 5.41) is 4.80. The number of hydrogen-bond acceptors (Lipinski definition) is 2. The molecular weight excluding hydrogens is 173 g/mol. The van der Waals surface area contributed by atoms with Crippen LogP contribution in [-0.2, 0) is 10.0 Å². The molecule has 0 aromatic heterocycles. The van der Waals surface area contributed by atoms with Crippen molar-refractivity contribution in [3.05, 3.63) is 30.3 Å². The SMILES string of the molecule is NS(=O)(=O)c1[c-]cccc1.[Na+]. The Morgan fingerprint density at radius 1 is 1.36 bits per heavy atom. The summed E-state index contributed by atoms with van der Waals surface area (Å²) in [6, 6.07) is 8.66. The molecule has 1 rings (SSSR count). The monoisotopic (exact) mass is 179 g/mol. The van der Waals surface area contributed by atoms with Gasteiger partial charge >= 0.3 is 29.6 Å². The third-order valence-electron chi connectivity index (χ3n) is 0.987. The van der Waals surface area contributed by atoms with E-state index in [1.54, 1.807) is 12.1 Å². The summed E-state index contributed by atoms with van der Waals surface area (Å²) >= 11 is 0. The Hall–Kier alpha value is 0.130. The van der Waals surface area contributed by atoms with E-state index < -0.39 is 10.0 Å². The van der Waals surface area contributed by atoms with Crippen LogP contribution in [0.15, 0.2) is 29.2 Å². The van der Waals surface area contributed by atoms with E-state index in [1.807, 2.05) is 0 Å². The van der Waals surface area contributed by atoms with Gasteiger partial charge in [-0.2, -0.15) is 30.3 Å². The fourth-order valence-electron chi connectivity index (χ4n) is 0.554. The normalized spacial score (nSPS) is 10.3. The molecule has 0 saturated heterocycles. The van der Waals surface area contributed by atoms with Crippen LogP contribution < -0.4 is 34.7 Å². The van der Waals surface area contributed by atoms with E-state index in [0.717, 1.165) is 0 Å². The van der Waals surface area contributed by atoms with Gasteiger partial charge in [0.25, 0.3) is 0 Å². The van der Waals surface area contributed by atoms with Crippen LogP contribution in [-0.4, -0.2) is 8.42 Å². The molecule has 1 aromatic rings. The molecule has 0 atom stereocenters. The van der Waals surface area contributed by atoms with Gasteiger partial charge in [-0.15, -0.1) is 0 Å². The van der Waals surface area contributed by atoms with Gasteiger partial charge in [-0.25, -0.2) is 13.6 Å². The van der Waals surface area contributed by atoms with Crippen LogP contribution in [0.1, 0.15) is 0 Å². The molecular formula is C6H6NNaO2S. The van der Waals surface area contributed by atoms with Crippen molar-refractivity contribution in [2.75, 3.05) is 0 Å². The number of sulfonamides is 1. The van der Waals surface area contributed by atoms with Crippen LogP contribution in [0, 0.1) is 6.07 Å². The van der Waals surface area contributed by atoms with Crippen LogP contribution >= 0.6 is 0 Å². The van der Waals surface area contributed by atoms with E-state index in [2.05, 4.69) is 6.07 Å². The van der Waals surface area contributed by atoms with Crippen molar-refractivity contribution >= 4 is 10.0 Å². The molecule has 0 fully saturated rings. The molecule has 0 radical (unpaired) electrons. The summed E-state index contributed by atoms with van der Waals surface area (Å²) < 4.78 is 21.2. The average Bonchev–Trinajstić information content (AvgIpc) is 1.88.